The molecule has 0 radical (unpaired) electrons. The fraction of sp³-hybridized carbons (Fsp3) is 0.545. The average molecular weight is 260 g/mol. The first-order chi connectivity index (χ1) is 7.94. The van der Waals surface area contributed by atoms with Crippen molar-refractivity contribution in [2.45, 2.75) is 31.5 Å². The van der Waals surface area contributed by atoms with Crippen LogP contribution in [0.5, 0.6) is 0 Å². The van der Waals surface area contributed by atoms with Gasteiger partial charge < -0.3 is 4.90 Å². The third-order valence-electron chi connectivity index (χ3n) is 3.46. The second-order valence-corrected chi connectivity index (χ2v) is 5.42. The van der Waals surface area contributed by atoms with Crippen molar-refractivity contribution in [3.05, 3.63) is 20.8 Å². The normalized spacial score (nSPS) is 21.5. The molecule has 2 nitrogen and oxygen atoms in total. The van der Waals surface area contributed by atoms with E-state index in [1.807, 2.05) is 12.3 Å². The zero-order chi connectivity index (χ0) is 12.3. The Kier molecular flexibility index (Phi) is 2.12. The van der Waals surface area contributed by atoms with Crippen LogP contribution in [0, 0.1) is 6.92 Å². The highest BCUT2D eigenvalue weighted by Gasteiger charge is 2.66. The Bertz CT molecular complexity index is 569. The van der Waals surface area contributed by atoms with Crippen molar-refractivity contribution in [2.75, 3.05) is 6.67 Å². The lowest BCUT2D eigenvalue weighted by Crippen LogP contribution is -2.49. The summed E-state index contributed by atoms with van der Waals surface area (Å²) in [5.74, 6) is 0. The molecule has 0 spiro atoms. The van der Waals surface area contributed by atoms with Crippen LogP contribution in [0.25, 0.3) is 6.20 Å². The van der Waals surface area contributed by atoms with Gasteiger partial charge in [-0.15, -0.1) is 11.3 Å². The standard InChI is InChI=1S/C11H11F3N2S/c1-7-5-17-9-8(7)4-16(6-15-9)10(2-3-10)11(12,13)14/h4-5H,2-3,6H2,1H3. The number of hydrogen-bond donors (Lipinski definition) is 0. The first-order valence-corrected chi connectivity index (χ1v) is 6.26. The molecule has 2 heterocycles. The van der Waals surface area contributed by atoms with Gasteiger partial charge in [-0.25, -0.2) is 0 Å². The lowest BCUT2D eigenvalue weighted by molar-refractivity contribution is -0.186. The topological polar surface area (TPSA) is 15.6 Å². The maximum Gasteiger partial charge on any atom is 0.411 e. The van der Waals surface area contributed by atoms with Gasteiger partial charge in [0, 0.05) is 11.4 Å². The van der Waals surface area contributed by atoms with E-state index < -0.39 is 11.7 Å². The van der Waals surface area contributed by atoms with Crippen molar-refractivity contribution in [3.63, 3.8) is 0 Å². The van der Waals surface area contributed by atoms with E-state index in [0.29, 0.717) is 0 Å². The van der Waals surface area contributed by atoms with Crippen molar-refractivity contribution in [1.82, 2.24) is 4.90 Å². The summed E-state index contributed by atoms with van der Waals surface area (Å²) in [5, 5.41) is 2.78. The van der Waals surface area contributed by atoms with Gasteiger partial charge in [0.1, 0.15) is 16.9 Å². The fourth-order valence-corrected chi connectivity index (χ4v) is 3.06. The van der Waals surface area contributed by atoms with E-state index in [1.54, 1.807) is 6.20 Å². The molecule has 0 atom stereocenters. The Hall–Kier alpha value is -1.04. The molecule has 0 N–H and O–H groups in total. The van der Waals surface area contributed by atoms with E-state index in [1.165, 1.54) is 16.2 Å². The minimum absolute atomic E-state index is 0.118. The number of halogens is 3. The van der Waals surface area contributed by atoms with Crippen molar-refractivity contribution in [1.29, 1.82) is 0 Å². The summed E-state index contributed by atoms with van der Waals surface area (Å²) in [4.78, 5) is 5.58. The van der Waals surface area contributed by atoms with E-state index in [9.17, 15) is 13.2 Å². The second-order valence-electron chi connectivity index (χ2n) is 4.57. The van der Waals surface area contributed by atoms with Gasteiger partial charge in [0.15, 0.2) is 0 Å². The number of thiophene rings is 1. The molecule has 3 rings (SSSR count). The average Bonchev–Trinajstić information content (AvgIpc) is 3.00. The quantitative estimate of drug-likeness (QED) is 0.751. The van der Waals surface area contributed by atoms with Crippen LogP contribution in [0.2, 0.25) is 0 Å². The molecule has 0 unspecified atom stereocenters. The van der Waals surface area contributed by atoms with Gasteiger partial charge in [-0.2, -0.15) is 13.2 Å². The Morgan fingerprint density at radius 2 is 2.12 bits per heavy atom. The molecule has 0 aromatic carbocycles. The second kappa shape index (κ2) is 3.25. The first kappa shape index (κ1) is 11.1. The van der Waals surface area contributed by atoms with Crippen molar-refractivity contribution in [3.8, 4) is 0 Å². The van der Waals surface area contributed by atoms with Crippen LogP contribution in [0.3, 0.4) is 0 Å². The Balaban J connectivity index is 2.05. The number of aryl methyl sites for hydroxylation is 1. The van der Waals surface area contributed by atoms with Gasteiger partial charge in [-0.3, -0.25) is 4.99 Å². The Morgan fingerprint density at radius 3 is 2.71 bits per heavy atom. The minimum atomic E-state index is -4.17. The molecule has 1 saturated carbocycles. The molecule has 0 saturated heterocycles. The monoisotopic (exact) mass is 260 g/mol. The van der Waals surface area contributed by atoms with Crippen LogP contribution in [0.4, 0.5) is 13.2 Å². The van der Waals surface area contributed by atoms with E-state index >= 15 is 0 Å². The molecular formula is C11H11F3N2S. The van der Waals surface area contributed by atoms with E-state index in [0.717, 1.165) is 15.5 Å². The summed E-state index contributed by atoms with van der Waals surface area (Å²) in [6.07, 6.45) is -2.17. The van der Waals surface area contributed by atoms with Gasteiger partial charge >= 0.3 is 6.18 Å². The predicted molar refractivity (Wildman–Crippen MR) is 59.0 cm³/mol. The summed E-state index contributed by atoms with van der Waals surface area (Å²) in [7, 11) is 0. The number of fused-ring (bicyclic) bond motifs is 1. The molecule has 6 heteroatoms. The molecule has 1 aliphatic heterocycles. The smallest absolute Gasteiger partial charge is 0.343 e. The van der Waals surface area contributed by atoms with Crippen molar-refractivity contribution >= 4 is 17.5 Å². The van der Waals surface area contributed by atoms with Gasteiger partial charge in [0.05, 0.1) is 0 Å². The largest absolute Gasteiger partial charge is 0.411 e. The third kappa shape index (κ3) is 1.50. The molecule has 0 amide bonds. The van der Waals surface area contributed by atoms with E-state index in [4.69, 9.17) is 0 Å². The molecule has 1 aromatic heterocycles. The minimum Gasteiger partial charge on any atom is -0.343 e. The molecule has 1 aliphatic carbocycles. The lowest BCUT2D eigenvalue weighted by Gasteiger charge is -2.32. The summed E-state index contributed by atoms with van der Waals surface area (Å²) in [6.45, 7) is 2.02. The molecule has 2 aliphatic rings. The van der Waals surface area contributed by atoms with Crippen LogP contribution in [0.1, 0.15) is 18.4 Å². The SMILES string of the molecule is Cc1csc2c1=CN(C1(C(F)(F)F)CC1)CN=2. The zero-order valence-corrected chi connectivity index (χ0v) is 10.0. The molecule has 1 fully saturated rings. The molecular weight excluding hydrogens is 249 g/mol. The van der Waals surface area contributed by atoms with Crippen LogP contribution < -0.4 is 9.89 Å². The fourth-order valence-electron chi connectivity index (χ4n) is 2.17. The van der Waals surface area contributed by atoms with Gasteiger partial charge in [0.2, 0.25) is 0 Å². The van der Waals surface area contributed by atoms with Crippen LogP contribution in [0.15, 0.2) is 10.4 Å². The highest BCUT2D eigenvalue weighted by molar-refractivity contribution is 7.07. The number of hydrogen-bond acceptors (Lipinski definition) is 3. The first-order valence-electron chi connectivity index (χ1n) is 5.38. The Labute approximate surface area is 100 Å². The van der Waals surface area contributed by atoms with E-state index in [2.05, 4.69) is 4.99 Å². The number of rotatable bonds is 1. The highest BCUT2D eigenvalue weighted by Crippen LogP contribution is 2.53. The summed E-state index contributed by atoms with van der Waals surface area (Å²) in [5.41, 5.74) is -0.654. The maximum atomic E-state index is 13.0. The predicted octanol–water partition coefficient (Wildman–Crippen LogP) is 1.78. The Morgan fingerprint density at radius 1 is 1.41 bits per heavy atom. The van der Waals surface area contributed by atoms with Crippen LogP contribution in [-0.2, 0) is 0 Å². The van der Waals surface area contributed by atoms with Gasteiger partial charge in [-0.05, 0) is 30.7 Å². The number of alkyl halides is 3. The summed E-state index contributed by atoms with van der Waals surface area (Å²) in [6, 6.07) is 0. The molecule has 0 bridgehead atoms. The van der Waals surface area contributed by atoms with Crippen molar-refractivity contribution < 1.29 is 13.2 Å². The number of nitrogens with zero attached hydrogens (tertiary/aromatic N) is 2. The molecule has 92 valence electrons. The van der Waals surface area contributed by atoms with E-state index in [-0.39, 0.29) is 19.5 Å². The third-order valence-corrected chi connectivity index (χ3v) is 4.50. The van der Waals surface area contributed by atoms with Crippen molar-refractivity contribution in [2.24, 2.45) is 4.99 Å². The zero-order valence-electron chi connectivity index (χ0n) is 9.21. The molecule has 1 aromatic rings. The van der Waals surface area contributed by atoms with Crippen LogP contribution >= 0.6 is 11.3 Å². The van der Waals surface area contributed by atoms with Crippen LogP contribution in [-0.4, -0.2) is 23.3 Å². The van der Waals surface area contributed by atoms with Gasteiger partial charge in [0.25, 0.3) is 0 Å². The maximum absolute atomic E-state index is 13.0. The highest BCUT2D eigenvalue weighted by atomic mass is 32.1. The summed E-state index contributed by atoms with van der Waals surface area (Å²) < 4.78 is 39.8. The van der Waals surface area contributed by atoms with Gasteiger partial charge in [-0.1, -0.05) is 0 Å². The molecule has 17 heavy (non-hydrogen) atoms. The summed E-state index contributed by atoms with van der Waals surface area (Å²) >= 11 is 1.49. The lowest BCUT2D eigenvalue weighted by atomic mass is 10.2.